The highest BCUT2D eigenvalue weighted by atomic mass is 32.1. The Labute approximate surface area is 149 Å². The molecule has 0 saturated carbocycles. The molecule has 4 rings (SSSR count). The van der Waals surface area contributed by atoms with Gasteiger partial charge in [0.15, 0.2) is 5.60 Å². The van der Waals surface area contributed by atoms with Gasteiger partial charge in [-0.1, -0.05) is 34.6 Å². The van der Waals surface area contributed by atoms with Gasteiger partial charge in [0.05, 0.1) is 11.5 Å². The van der Waals surface area contributed by atoms with Crippen LogP contribution in [0.3, 0.4) is 0 Å². The number of fused-ring (bicyclic) bond motifs is 2. The molecule has 3 heterocycles. The summed E-state index contributed by atoms with van der Waals surface area (Å²) in [5, 5.41) is 1.16. The number of hydrogen-bond acceptors (Lipinski definition) is 5. The fourth-order valence-electron chi connectivity index (χ4n) is 4.50. The Hall–Kier alpha value is -0.923. The smallest absolute Gasteiger partial charge is 0.270 e. The first-order chi connectivity index (χ1) is 11.2. The molecule has 2 saturated heterocycles. The van der Waals surface area contributed by atoms with Crippen LogP contribution >= 0.6 is 11.3 Å². The normalized spacial score (nSPS) is 31.9. The lowest BCUT2D eigenvalue weighted by Crippen LogP contribution is -2.72. The number of hydrogen-bond donors (Lipinski definition) is 0. The maximum Gasteiger partial charge on any atom is 0.270 e. The molecule has 130 valence electrons. The highest BCUT2D eigenvalue weighted by molar-refractivity contribution is 7.19. The molecule has 2 aliphatic heterocycles. The van der Waals surface area contributed by atoms with E-state index in [-0.39, 0.29) is 10.8 Å². The van der Waals surface area contributed by atoms with Gasteiger partial charge < -0.3 is 9.16 Å². The van der Waals surface area contributed by atoms with Gasteiger partial charge in [-0.15, -0.1) is 11.3 Å². The first kappa shape index (κ1) is 16.5. The Kier molecular flexibility index (Phi) is 3.33. The van der Waals surface area contributed by atoms with Gasteiger partial charge in [-0.25, -0.2) is 4.89 Å². The van der Waals surface area contributed by atoms with Gasteiger partial charge in [-0.05, 0) is 29.7 Å². The van der Waals surface area contributed by atoms with E-state index in [0.717, 1.165) is 16.0 Å². The molecule has 2 unspecified atom stereocenters. The summed E-state index contributed by atoms with van der Waals surface area (Å²) in [5.74, 6) is 0.0806. The van der Waals surface area contributed by atoms with Crippen molar-refractivity contribution in [3.8, 4) is 5.75 Å². The standard InChI is InChI=1S/C18H24O4SSi/c1-15(2,3)18-16(4,5)10-19-17(18,21-22-18)14-9-11-8-12(20-24)6-7-13(11)23-14/h6-9H,10H2,1-5,24H3. The van der Waals surface area contributed by atoms with Crippen molar-refractivity contribution in [1.82, 2.24) is 0 Å². The molecular weight excluding hydrogens is 340 g/mol. The lowest BCUT2D eigenvalue weighted by molar-refractivity contribution is -0.625. The van der Waals surface area contributed by atoms with Crippen LogP contribution in [0.2, 0.25) is 0 Å². The van der Waals surface area contributed by atoms with Crippen molar-refractivity contribution in [2.75, 3.05) is 6.61 Å². The van der Waals surface area contributed by atoms with Crippen molar-refractivity contribution in [2.45, 2.75) is 46.0 Å². The van der Waals surface area contributed by atoms with E-state index in [2.05, 4.69) is 52.8 Å². The average Bonchev–Trinajstić information content (AvgIpc) is 2.93. The van der Waals surface area contributed by atoms with Crippen molar-refractivity contribution in [3.05, 3.63) is 29.1 Å². The van der Waals surface area contributed by atoms with E-state index in [0.29, 0.717) is 17.1 Å². The number of ether oxygens (including phenoxy) is 1. The SMILES string of the molecule is CC(C)(C)C12OOC1(c1cc3cc(O[SiH3])ccc3s1)OCC2(C)C. The zero-order valence-electron chi connectivity index (χ0n) is 15.1. The number of thiophene rings is 1. The van der Waals surface area contributed by atoms with Gasteiger partial charge in [0.2, 0.25) is 10.5 Å². The van der Waals surface area contributed by atoms with Crippen LogP contribution in [0.1, 0.15) is 39.5 Å². The Morgan fingerprint density at radius 2 is 1.92 bits per heavy atom. The molecule has 0 aliphatic carbocycles. The second-order valence-corrected chi connectivity index (χ2v) is 9.89. The topological polar surface area (TPSA) is 36.9 Å². The molecule has 0 bridgehead atoms. The third-order valence-electron chi connectivity index (χ3n) is 5.44. The van der Waals surface area contributed by atoms with Crippen LogP contribution in [-0.4, -0.2) is 22.7 Å². The van der Waals surface area contributed by atoms with Gasteiger partial charge in [0.25, 0.3) is 5.79 Å². The van der Waals surface area contributed by atoms with Crippen LogP contribution in [0.4, 0.5) is 0 Å². The monoisotopic (exact) mass is 364 g/mol. The molecule has 2 fully saturated rings. The predicted molar refractivity (Wildman–Crippen MR) is 98.2 cm³/mol. The van der Waals surface area contributed by atoms with Crippen molar-refractivity contribution < 1.29 is 18.9 Å². The lowest BCUT2D eigenvalue weighted by atomic mass is 9.58. The quantitative estimate of drug-likeness (QED) is 0.604. The molecule has 6 heteroatoms. The molecule has 0 radical (unpaired) electrons. The minimum absolute atomic E-state index is 0.134. The van der Waals surface area contributed by atoms with Crippen molar-refractivity contribution in [2.24, 2.45) is 10.8 Å². The first-order valence-electron chi connectivity index (χ1n) is 8.26. The molecule has 2 aliphatic rings. The summed E-state index contributed by atoms with van der Waals surface area (Å²) in [7, 11) is 0.686. The summed E-state index contributed by atoms with van der Waals surface area (Å²) in [6.45, 7) is 11.6. The summed E-state index contributed by atoms with van der Waals surface area (Å²) in [6, 6.07) is 8.36. The van der Waals surface area contributed by atoms with Crippen molar-refractivity contribution in [3.63, 3.8) is 0 Å². The third-order valence-corrected chi connectivity index (χ3v) is 7.11. The fourth-order valence-corrected chi connectivity index (χ4v) is 5.92. The van der Waals surface area contributed by atoms with Crippen LogP contribution in [0.5, 0.6) is 5.75 Å². The van der Waals surface area contributed by atoms with E-state index in [1.165, 1.54) is 4.70 Å². The summed E-state index contributed by atoms with van der Waals surface area (Å²) in [5.41, 5.74) is -0.807. The minimum atomic E-state index is -0.833. The molecule has 4 nitrogen and oxygen atoms in total. The summed E-state index contributed by atoms with van der Waals surface area (Å²) >= 11 is 1.71. The molecule has 0 N–H and O–H groups in total. The van der Waals surface area contributed by atoms with E-state index in [1.807, 2.05) is 6.07 Å². The van der Waals surface area contributed by atoms with Crippen LogP contribution in [-0.2, 0) is 20.3 Å². The van der Waals surface area contributed by atoms with E-state index in [9.17, 15) is 0 Å². The number of benzene rings is 1. The zero-order chi connectivity index (χ0) is 17.4. The fraction of sp³-hybridized carbons (Fsp3) is 0.556. The second-order valence-electron chi connectivity index (χ2n) is 8.40. The minimum Gasteiger partial charge on any atom is -0.553 e. The highest BCUT2D eigenvalue weighted by Crippen LogP contribution is 2.69. The Morgan fingerprint density at radius 1 is 1.17 bits per heavy atom. The molecule has 2 atom stereocenters. The maximum atomic E-state index is 6.30. The van der Waals surface area contributed by atoms with E-state index in [4.69, 9.17) is 18.9 Å². The average molecular weight is 365 g/mol. The Balaban J connectivity index is 1.89. The van der Waals surface area contributed by atoms with Gasteiger partial charge in [0, 0.05) is 15.5 Å². The van der Waals surface area contributed by atoms with Crippen LogP contribution in [0.15, 0.2) is 24.3 Å². The molecule has 1 aromatic heterocycles. The van der Waals surface area contributed by atoms with Crippen LogP contribution in [0.25, 0.3) is 10.1 Å². The molecule has 24 heavy (non-hydrogen) atoms. The summed E-state index contributed by atoms with van der Waals surface area (Å²) in [6.07, 6.45) is 0. The molecule has 0 amide bonds. The van der Waals surface area contributed by atoms with Crippen LogP contribution in [0, 0.1) is 10.8 Å². The van der Waals surface area contributed by atoms with Crippen molar-refractivity contribution >= 4 is 31.9 Å². The van der Waals surface area contributed by atoms with E-state index >= 15 is 0 Å². The van der Waals surface area contributed by atoms with E-state index < -0.39 is 11.4 Å². The first-order valence-corrected chi connectivity index (χ1v) is 9.89. The van der Waals surface area contributed by atoms with Gasteiger partial charge in [-0.3, -0.25) is 0 Å². The van der Waals surface area contributed by atoms with Gasteiger partial charge >= 0.3 is 0 Å². The lowest BCUT2D eigenvalue weighted by Gasteiger charge is -2.60. The molecule has 2 aromatic rings. The third kappa shape index (κ3) is 1.78. The van der Waals surface area contributed by atoms with Crippen LogP contribution < -0.4 is 4.43 Å². The maximum absolute atomic E-state index is 6.30. The Morgan fingerprint density at radius 3 is 2.50 bits per heavy atom. The van der Waals surface area contributed by atoms with Gasteiger partial charge in [0.1, 0.15) is 5.75 Å². The molecule has 0 spiro atoms. The highest BCUT2D eigenvalue weighted by Gasteiger charge is 2.81. The van der Waals surface area contributed by atoms with E-state index in [1.54, 1.807) is 11.3 Å². The van der Waals surface area contributed by atoms with Crippen molar-refractivity contribution in [1.29, 1.82) is 0 Å². The zero-order valence-corrected chi connectivity index (χ0v) is 17.9. The Bertz CT molecular complexity index is 809. The largest absolute Gasteiger partial charge is 0.553 e. The predicted octanol–water partition coefficient (Wildman–Crippen LogP) is 3.52. The van der Waals surface area contributed by atoms with Gasteiger partial charge in [-0.2, -0.15) is 4.89 Å². The number of rotatable bonds is 2. The summed E-state index contributed by atoms with van der Waals surface area (Å²) in [4.78, 5) is 12.7. The molecular formula is C18H24O4SSi. The molecule has 1 aromatic carbocycles. The second kappa shape index (κ2) is 4.83. The summed E-state index contributed by atoms with van der Waals surface area (Å²) < 4.78 is 13.0.